The van der Waals surface area contributed by atoms with E-state index in [-0.39, 0.29) is 22.5 Å². The number of thiocarbonyl (C=S) groups is 1. The Balaban J connectivity index is 2.03. The van der Waals surface area contributed by atoms with Crippen LogP contribution in [0.15, 0.2) is 48.5 Å². The highest BCUT2D eigenvalue weighted by atomic mass is 32.1. The Morgan fingerprint density at radius 2 is 1.56 bits per heavy atom. The number of amides is 2. The molecule has 0 saturated heterocycles. The van der Waals surface area contributed by atoms with Gasteiger partial charge in [0.15, 0.2) is 5.11 Å². The van der Waals surface area contributed by atoms with E-state index in [4.69, 9.17) is 17.0 Å². The number of rotatable bonds is 9. The molecule has 2 aromatic rings. The Hall–Kier alpha value is -2.93. The number of hydrogen-bond donors (Lipinski definition) is 3. The predicted octanol–water partition coefficient (Wildman–Crippen LogP) is 5.30. The smallest absolute Gasteiger partial charge is 0.261 e. The standard InChI is InChI=1S/C25H33N3O3S/c1-5-6-7-12-17-31-21-16-11-9-14-19(21)22(29)27-24(32)26-20-15-10-8-13-18(20)23(30)28-25(2,3)4/h8-11,13-16H,5-7,12,17H2,1-4H3,(H,28,30)(H2,26,27,29,32). The molecule has 3 N–H and O–H groups in total. The van der Waals surface area contributed by atoms with E-state index < -0.39 is 0 Å². The zero-order valence-electron chi connectivity index (χ0n) is 19.3. The summed E-state index contributed by atoms with van der Waals surface area (Å²) in [5.74, 6) is -0.0749. The molecule has 32 heavy (non-hydrogen) atoms. The molecule has 6 nitrogen and oxygen atoms in total. The molecule has 0 atom stereocenters. The van der Waals surface area contributed by atoms with E-state index in [9.17, 15) is 9.59 Å². The van der Waals surface area contributed by atoms with Crippen molar-refractivity contribution >= 4 is 34.8 Å². The number of carbonyl (C=O) groups is 2. The van der Waals surface area contributed by atoms with Crippen molar-refractivity contribution in [2.75, 3.05) is 11.9 Å². The number of anilines is 1. The number of carbonyl (C=O) groups excluding carboxylic acids is 2. The lowest BCUT2D eigenvalue weighted by molar-refractivity contribution is 0.0919. The van der Waals surface area contributed by atoms with Crippen molar-refractivity contribution in [3.8, 4) is 5.75 Å². The topological polar surface area (TPSA) is 79.5 Å². The molecule has 2 amide bonds. The van der Waals surface area contributed by atoms with Gasteiger partial charge in [0.05, 0.1) is 23.4 Å². The van der Waals surface area contributed by atoms with Crippen LogP contribution in [0.4, 0.5) is 5.69 Å². The van der Waals surface area contributed by atoms with Crippen LogP contribution in [0.2, 0.25) is 0 Å². The molecule has 172 valence electrons. The summed E-state index contributed by atoms with van der Waals surface area (Å²) < 4.78 is 5.82. The highest BCUT2D eigenvalue weighted by Gasteiger charge is 2.19. The average molecular weight is 456 g/mol. The van der Waals surface area contributed by atoms with Crippen LogP contribution in [0.25, 0.3) is 0 Å². The van der Waals surface area contributed by atoms with Crippen molar-refractivity contribution < 1.29 is 14.3 Å². The molecular weight excluding hydrogens is 422 g/mol. The average Bonchev–Trinajstić information content (AvgIpc) is 2.73. The van der Waals surface area contributed by atoms with Gasteiger partial charge in [-0.05, 0) is 63.7 Å². The van der Waals surface area contributed by atoms with Gasteiger partial charge in [0, 0.05) is 5.54 Å². The summed E-state index contributed by atoms with van der Waals surface area (Å²) in [5.41, 5.74) is 0.986. The van der Waals surface area contributed by atoms with Crippen LogP contribution in [0.3, 0.4) is 0 Å². The van der Waals surface area contributed by atoms with Gasteiger partial charge in [0.1, 0.15) is 5.75 Å². The van der Waals surface area contributed by atoms with E-state index in [0.717, 1.165) is 19.3 Å². The second-order valence-corrected chi connectivity index (χ2v) is 8.97. The van der Waals surface area contributed by atoms with Crippen LogP contribution in [0.5, 0.6) is 5.75 Å². The lowest BCUT2D eigenvalue weighted by Gasteiger charge is -2.22. The second-order valence-electron chi connectivity index (χ2n) is 8.56. The van der Waals surface area contributed by atoms with Crippen LogP contribution >= 0.6 is 12.2 Å². The highest BCUT2D eigenvalue weighted by molar-refractivity contribution is 7.80. The third-order valence-corrected chi connectivity index (χ3v) is 4.73. The molecule has 0 aromatic heterocycles. The van der Waals surface area contributed by atoms with Crippen molar-refractivity contribution in [3.05, 3.63) is 59.7 Å². The molecule has 0 aliphatic carbocycles. The van der Waals surface area contributed by atoms with Gasteiger partial charge >= 0.3 is 0 Å². The summed E-state index contributed by atoms with van der Waals surface area (Å²) in [6.45, 7) is 8.45. The first kappa shape index (κ1) is 25.3. The minimum Gasteiger partial charge on any atom is -0.493 e. The molecule has 7 heteroatoms. The van der Waals surface area contributed by atoms with Gasteiger partial charge in [-0.15, -0.1) is 0 Å². The molecule has 0 spiro atoms. The quantitative estimate of drug-likeness (QED) is 0.353. The first-order chi connectivity index (χ1) is 15.2. The van der Waals surface area contributed by atoms with Crippen LogP contribution in [0, 0.1) is 0 Å². The number of unbranched alkanes of at least 4 members (excludes halogenated alkanes) is 3. The molecule has 0 unspecified atom stereocenters. The number of hydrogen-bond acceptors (Lipinski definition) is 4. The van der Waals surface area contributed by atoms with Crippen molar-refractivity contribution in [1.29, 1.82) is 0 Å². The largest absolute Gasteiger partial charge is 0.493 e. The lowest BCUT2D eigenvalue weighted by atomic mass is 10.1. The fourth-order valence-corrected chi connectivity index (χ4v) is 3.22. The monoisotopic (exact) mass is 455 g/mol. The van der Waals surface area contributed by atoms with Crippen molar-refractivity contribution in [3.63, 3.8) is 0 Å². The normalized spacial score (nSPS) is 10.9. The van der Waals surface area contributed by atoms with Crippen molar-refractivity contribution in [2.24, 2.45) is 0 Å². The Kier molecular flexibility index (Phi) is 9.65. The Morgan fingerprint density at radius 3 is 2.25 bits per heavy atom. The minimum atomic E-state index is -0.376. The molecule has 0 saturated carbocycles. The van der Waals surface area contributed by atoms with Gasteiger partial charge in [0.2, 0.25) is 0 Å². The SMILES string of the molecule is CCCCCCOc1ccccc1C(=O)NC(=S)Nc1ccccc1C(=O)NC(C)(C)C. The van der Waals surface area contributed by atoms with Gasteiger partial charge < -0.3 is 15.4 Å². The van der Waals surface area contributed by atoms with Crippen LogP contribution in [-0.4, -0.2) is 29.1 Å². The molecule has 2 aromatic carbocycles. The number of para-hydroxylation sites is 2. The van der Waals surface area contributed by atoms with Crippen LogP contribution in [0.1, 0.15) is 74.1 Å². The molecular formula is C25H33N3O3S. The molecule has 0 bridgehead atoms. The van der Waals surface area contributed by atoms with E-state index >= 15 is 0 Å². The third-order valence-electron chi connectivity index (χ3n) is 4.52. The molecule has 2 rings (SSSR count). The van der Waals surface area contributed by atoms with Crippen LogP contribution in [-0.2, 0) is 0 Å². The molecule has 0 aliphatic rings. The van der Waals surface area contributed by atoms with Gasteiger partial charge in [-0.2, -0.15) is 0 Å². The summed E-state index contributed by atoms with van der Waals surface area (Å²) >= 11 is 5.33. The zero-order chi connectivity index (χ0) is 23.6. The van der Waals surface area contributed by atoms with E-state index in [1.807, 2.05) is 26.8 Å². The first-order valence-electron chi connectivity index (χ1n) is 11.0. The fraction of sp³-hybridized carbons (Fsp3) is 0.400. The van der Waals surface area contributed by atoms with E-state index in [1.54, 1.807) is 42.5 Å². The molecule has 0 radical (unpaired) electrons. The van der Waals surface area contributed by atoms with Gasteiger partial charge in [-0.3, -0.25) is 14.9 Å². The summed E-state index contributed by atoms with van der Waals surface area (Å²) in [6.07, 6.45) is 4.36. The summed E-state index contributed by atoms with van der Waals surface area (Å²) in [5, 5.41) is 8.67. The maximum atomic E-state index is 12.8. The Bertz CT molecular complexity index is 938. The maximum absolute atomic E-state index is 12.8. The zero-order valence-corrected chi connectivity index (χ0v) is 20.1. The third kappa shape index (κ3) is 8.30. The van der Waals surface area contributed by atoms with E-state index in [2.05, 4.69) is 22.9 Å². The molecule has 0 fully saturated rings. The van der Waals surface area contributed by atoms with Gasteiger partial charge in [0.25, 0.3) is 11.8 Å². The maximum Gasteiger partial charge on any atom is 0.261 e. The fourth-order valence-electron chi connectivity index (χ4n) is 3.01. The summed E-state index contributed by atoms with van der Waals surface area (Å²) in [4.78, 5) is 25.4. The lowest BCUT2D eigenvalue weighted by Crippen LogP contribution is -2.41. The Morgan fingerprint density at radius 1 is 0.906 bits per heavy atom. The molecule has 0 heterocycles. The van der Waals surface area contributed by atoms with Crippen molar-refractivity contribution in [1.82, 2.24) is 10.6 Å². The van der Waals surface area contributed by atoms with Crippen molar-refractivity contribution in [2.45, 2.75) is 58.9 Å². The highest BCUT2D eigenvalue weighted by Crippen LogP contribution is 2.19. The van der Waals surface area contributed by atoms with E-state index in [1.165, 1.54) is 6.42 Å². The molecule has 0 aliphatic heterocycles. The van der Waals surface area contributed by atoms with Gasteiger partial charge in [-0.25, -0.2) is 0 Å². The second kappa shape index (κ2) is 12.2. The number of benzene rings is 2. The number of nitrogens with one attached hydrogen (secondary N) is 3. The predicted molar refractivity (Wildman–Crippen MR) is 133 cm³/mol. The number of ether oxygens (including phenoxy) is 1. The van der Waals surface area contributed by atoms with E-state index in [0.29, 0.717) is 29.2 Å². The summed E-state index contributed by atoms with van der Waals surface area (Å²) in [6, 6.07) is 14.1. The Labute approximate surface area is 196 Å². The van der Waals surface area contributed by atoms with Crippen LogP contribution < -0.4 is 20.7 Å². The van der Waals surface area contributed by atoms with Gasteiger partial charge in [-0.1, -0.05) is 50.5 Å². The summed E-state index contributed by atoms with van der Waals surface area (Å²) in [7, 11) is 0. The first-order valence-corrected chi connectivity index (χ1v) is 11.4. The minimum absolute atomic E-state index is 0.101.